The van der Waals surface area contributed by atoms with Crippen molar-refractivity contribution in [3.8, 4) is 0 Å². The van der Waals surface area contributed by atoms with Crippen LogP contribution in [0.2, 0.25) is 0 Å². The van der Waals surface area contributed by atoms with E-state index in [0.717, 1.165) is 34.3 Å². The van der Waals surface area contributed by atoms with Crippen LogP contribution in [-0.4, -0.2) is 23.1 Å². The highest BCUT2D eigenvalue weighted by molar-refractivity contribution is 9.10. The van der Waals surface area contributed by atoms with Crippen molar-refractivity contribution in [2.24, 2.45) is 0 Å². The lowest BCUT2D eigenvalue weighted by molar-refractivity contribution is -0.00000359. The summed E-state index contributed by atoms with van der Waals surface area (Å²) in [6.45, 7) is 9.01. The molecule has 1 aromatic carbocycles. The molecule has 19 heavy (non-hydrogen) atoms. The minimum absolute atomic E-state index is 0. The van der Waals surface area contributed by atoms with E-state index in [-0.39, 0.29) is 12.4 Å². The molecule has 0 saturated carbocycles. The van der Waals surface area contributed by atoms with E-state index in [4.69, 9.17) is 0 Å². The van der Waals surface area contributed by atoms with Crippen molar-refractivity contribution >= 4 is 32.7 Å². The molecule has 0 aliphatic heterocycles. The maximum absolute atomic E-state index is 4.38. The Balaban J connectivity index is 0.00000180. The summed E-state index contributed by atoms with van der Waals surface area (Å²) in [5.41, 5.74) is 0.932. The van der Waals surface area contributed by atoms with Gasteiger partial charge in [0.25, 0.3) is 0 Å². The Bertz CT molecular complexity index is 576. The number of fused-ring (bicyclic) bond motifs is 1. The van der Waals surface area contributed by atoms with Crippen molar-refractivity contribution in [2.75, 3.05) is 18.0 Å². The molecular formula is C14H14BrClN3-. The molecule has 2 rings (SSSR count). The molecule has 0 spiro atoms. The van der Waals surface area contributed by atoms with Crippen LogP contribution in [0.25, 0.3) is 10.9 Å². The first-order valence-corrected chi connectivity index (χ1v) is 6.42. The molecule has 0 atom stereocenters. The summed E-state index contributed by atoms with van der Waals surface area (Å²) in [5.74, 6) is 0.904. The zero-order valence-corrected chi connectivity index (χ0v) is 12.7. The molecule has 0 aliphatic rings. The average Bonchev–Trinajstić information content (AvgIpc) is 2.38. The molecule has 0 aliphatic carbocycles. The van der Waals surface area contributed by atoms with Gasteiger partial charge in [-0.1, -0.05) is 28.1 Å². The molecule has 0 amide bonds. The average molecular weight is 340 g/mol. The van der Waals surface area contributed by atoms with E-state index in [0.29, 0.717) is 0 Å². The van der Waals surface area contributed by atoms with Gasteiger partial charge in [0, 0.05) is 22.9 Å². The molecular weight excluding hydrogens is 326 g/mol. The number of hydrogen-bond donors (Lipinski definition) is 0. The van der Waals surface area contributed by atoms with Gasteiger partial charge in [-0.2, -0.15) is 0 Å². The van der Waals surface area contributed by atoms with Crippen LogP contribution < -0.4 is 17.3 Å². The fourth-order valence-electron chi connectivity index (χ4n) is 1.83. The maximum atomic E-state index is 4.38. The van der Waals surface area contributed by atoms with Crippen LogP contribution in [0.15, 0.2) is 54.3 Å². The summed E-state index contributed by atoms with van der Waals surface area (Å²) >= 11 is 3.48. The number of rotatable bonds is 5. The number of aromatic nitrogens is 2. The first kappa shape index (κ1) is 15.7. The Labute approximate surface area is 127 Å². The van der Waals surface area contributed by atoms with Crippen LogP contribution in [0, 0.1) is 0 Å². The molecule has 0 saturated heterocycles. The Morgan fingerprint density at radius 1 is 1.16 bits per heavy atom. The summed E-state index contributed by atoms with van der Waals surface area (Å²) in [6.07, 6.45) is 5.30. The second-order valence-corrected chi connectivity index (χ2v) is 4.76. The lowest BCUT2D eigenvalue weighted by Crippen LogP contribution is -3.00. The second kappa shape index (κ2) is 7.26. The molecule has 0 radical (unpaired) electrons. The van der Waals surface area contributed by atoms with Crippen molar-refractivity contribution in [1.82, 2.24) is 9.97 Å². The molecule has 3 nitrogen and oxygen atoms in total. The predicted octanol–water partition coefficient (Wildman–Crippen LogP) is 0.575. The zero-order valence-electron chi connectivity index (χ0n) is 10.4. The highest BCUT2D eigenvalue weighted by Gasteiger charge is 2.10. The van der Waals surface area contributed by atoms with Gasteiger partial charge in [-0.25, -0.2) is 9.97 Å². The van der Waals surface area contributed by atoms with Gasteiger partial charge in [0.2, 0.25) is 0 Å². The van der Waals surface area contributed by atoms with Gasteiger partial charge in [-0.05, 0) is 18.2 Å². The van der Waals surface area contributed by atoms with Crippen molar-refractivity contribution in [1.29, 1.82) is 0 Å². The fraction of sp³-hybridized carbons (Fsp3) is 0.143. The van der Waals surface area contributed by atoms with Crippen molar-refractivity contribution in [2.45, 2.75) is 0 Å². The van der Waals surface area contributed by atoms with Crippen LogP contribution in [0.5, 0.6) is 0 Å². The topological polar surface area (TPSA) is 29.0 Å². The van der Waals surface area contributed by atoms with Crippen molar-refractivity contribution in [3.05, 3.63) is 54.3 Å². The summed E-state index contributed by atoms with van der Waals surface area (Å²) in [4.78, 5) is 10.8. The van der Waals surface area contributed by atoms with Crippen LogP contribution in [0.1, 0.15) is 0 Å². The number of hydrogen-bond acceptors (Lipinski definition) is 3. The number of benzene rings is 1. The van der Waals surface area contributed by atoms with Gasteiger partial charge in [0.05, 0.1) is 5.52 Å². The summed E-state index contributed by atoms with van der Waals surface area (Å²) in [7, 11) is 0. The van der Waals surface area contributed by atoms with Gasteiger partial charge in [-0.15, -0.1) is 13.2 Å². The first-order valence-electron chi connectivity index (χ1n) is 5.63. The van der Waals surface area contributed by atoms with Gasteiger partial charge >= 0.3 is 0 Å². The number of anilines is 1. The van der Waals surface area contributed by atoms with Crippen molar-refractivity contribution in [3.63, 3.8) is 0 Å². The highest BCUT2D eigenvalue weighted by Crippen LogP contribution is 2.25. The third kappa shape index (κ3) is 3.55. The van der Waals surface area contributed by atoms with Crippen LogP contribution in [0.3, 0.4) is 0 Å². The van der Waals surface area contributed by atoms with Gasteiger partial charge in [0.15, 0.2) is 0 Å². The lowest BCUT2D eigenvalue weighted by atomic mass is 10.2. The number of halogens is 2. The van der Waals surface area contributed by atoms with E-state index >= 15 is 0 Å². The Morgan fingerprint density at radius 2 is 1.84 bits per heavy atom. The SMILES string of the molecule is C=CCN(CC=C)c1ncnc2ccc(Br)cc12.[Cl-]. The molecule has 0 N–H and O–H groups in total. The van der Waals surface area contributed by atoms with Gasteiger partial charge in [-0.3, -0.25) is 0 Å². The fourth-order valence-corrected chi connectivity index (χ4v) is 2.19. The third-order valence-corrected chi connectivity index (χ3v) is 3.07. The predicted molar refractivity (Wildman–Crippen MR) is 79.8 cm³/mol. The van der Waals surface area contributed by atoms with Crippen LogP contribution in [-0.2, 0) is 0 Å². The highest BCUT2D eigenvalue weighted by atomic mass is 79.9. The van der Waals surface area contributed by atoms with E-state index in [1.807, 2.05) is 30.4 Å². The summed E-state index contributed by atoms with van der Waals surface area (Å²) in [5, 5.41) is 1.02. The molecule has 0 bridgehead atoms. The Kier molecular flexibility index (Phi) is 5.99. The Hall–Kier alpha value is -1.39. The maximum Gasteiger partial charge on any atom is 0.140 e. The summed E-state index contributed by atoms with van der Waals surface area (Å²) in [6, 6.07) is 5.99. The minimum atomic E-state index is 0. The zero-order chi connectivity index (χ0) is 13.0. The molecule has 1 heterocycles. The molecule has 0 fully saturated rings. The second-order valence-electron chi connectivity index (χ2n) is 3.84. The van der Waals surface area contributed by atoms with E-state index in [1.165, 1.54) is 0 Å². The van der Waals surface area contributed by atoms with Crippen LogP contribution in [0.4, 0.5) is 5.82 Å². The summed E-state index contributed by atoms with van der Waals surface area (Å²) < 4.78 is 1.02. The molecule has 5 heteroatoms. The molecule has 0 unspecified atom stereocenters. The van der Waals surface area contributed by atoms with E-state index in [1.54, 1.807) is 6.33 Å². The standard InChI is InChI=1S/C14H14BrN3.ClH/c1-3-7-18(8-4-2)14-12-9-11(15)5-6-13(12)16-10-17-14;/h3-6,9-10H,1-2,7-8H2;1H/p-1. The van der Waals surface area contributed by atoms with Gasteiger partial charge in [0.1, 0.15) is 12.1 Å². The molecule has 100 valence electrons. The minimum Gasteiger partial charge on any atom is -1.00 e. The normalized spacial score (nSPS) is 9.74. The smallest absolute Gasteiger partial charge is 0.140 e. The largest absolute Gasteiger partial charge is 1.00 e. The van der Waals surface area contributed by atoms with Gasteiger partial charge < -0.3 is 17.3 Å². The number of nitrogens with zero attached hydrogens (tertiary/aromatic N) is 3. The monoisotopic (exact) mass is 338 g/mol. The third-order valence-electron chi connectivity index (χ3n) is 2.57. The van der Waals surface area contributed by atoms with Crippen molar-refractivity contribution < 1.29 is 12.4 Å². The first-order chi connectivity index (χ1) is 8.76. The van der Waals surface area contributed by atoms with Crippen LogP contribution >= 0.6 is 15.9 Å². The van der Waals surface area contributed by atoms with E-state index < -0.39 is 0 Å². The van der Waals surface area contributed by atoms with E-state index in [9.17, 15) is 0 Å². The lowest BCUT2D eigenvalue weighted by Gasteiger charge is -2.21. The molecule has 2 aromatic rings. The molecule has 1 aromatic heterocycles. The Morgan fingerprint density at radius 3 is 2.47 bits per heavy atom. The quantitative estimate of drug-likeness (QED) is 0.746. The van der Waals surface area contributed by atoms with E-state index in [2.05, 4.69) is 44.0 Å².